The number of nitrogens with one attached hydrogen (secondary N) is 2. The molecule has 0 atom stereocenters. The number of rotatable bonds is 10. The first-order chi connectivity index (χ1) is 13.8. The standard InChI is InChI=1S/C21H25N5O2/c1-27-18-9-8-17(14-19(18)28-2)11-12-22-20-15-24-26-21(25-20)23-13-10-16-6-4-3-5-7-16/h3-9,14-15H,10-13H2,1-2H3,(H2,22,23,25,26). The van der Waals surface area contributed by atoms with E-state index in [9.17, 15) is 0 Å². The molecule has 0 amide bonds. The highest BCUT2D eigenvalue weighted by molar-refractivity contribution is 5.43. The van der Waals surface area contributed by atoms with Gasteiger partial charge in [0, 0.05) is 13.1 Å². The fourth-order valence-electron chi connectivity index (χ4n) is 2.80. The van der Waals surface area contributed by atoms with Gasteiger partial charge in [-0.1, -0.05) is 36.4 Å². The molecule has 2 aromatic carbocycles. The SMILES string of the molecule is COc1ccc(CCNc2cnnc(NCCc3ccccc3)n2)cc1OC. The van der Waals surface area contributed by atoms with Gasteiger partial charge in [0.1, 0.15) is 0 Å². The Kier molecular flexibility index (Phi) is 7.01. The quantitative estimate of drug-likeness (QED) is 0.560. The van der Waals surface area contributed by atoms with Crippen molar-refractivity contribution in [3.63, 3.8) is 0 Å². The van der Waals surface area contributed by atoms with E-state index in [4.69, 9.17) is 9.47 Å². The summed E-state index contributed by atoms with van der Waals surface area (Å²) in [4.78, 5) is 4.46. The van der Waals surface area contributed by atoms with Gasteiger partial charge in [-0.3, -0.25) is 0 Å². The molecule has 146 valence electrons. The molecule has 1 heterocycles. The zero-order chi connectivity index (χ0) is 19.6. The van der Waals surface area contributed by atoms with Crippen molar-refractivity contribution in [2.45, 2.75) is 12.8 Å². The summed E-state index contributed by atoms with van der Waals surface area (Å²) in [5.41, 5.74) is 2.42. The second-order valence-corrected chi connectivity index (χ2v) is 6.19. The average molecular weight is 379 g/mol. The zero-order valence-electron chi connectivity index (χ0n) is 16.2. The van der Waals surface area contributed by atoms with Gasteiger partial charge in [0.15, 0.2) is 17.3 Å². The third kappa shape index (κ3) is 5.57. The third-order valence-corrected chi connectivity index (χ3v) is 4.27. The molecule has 0 bridgehead atoms. The first kappa shape index (κ1) is 19.4. The maximum Gasteiger partial charge on any atom is 0.244 e. The number of nitrogens with zero attached hydrogens (tertiary/aromatic N) is 3. The monoisotopic (exact) mass is 379 g/mol. The van der Waals surface area contributed by atoms with E-state index in [2.05, 4.69) is 37.9 Å². The zero-order valence-corrected chi connectivity index (χ0v) is 16.2. The number of aromatic nitrogens is 3. The van der Waals surface area contributed by atoms with Gasteiger partial charge in [0.2, 0.25) is 5.95 Å². The van der Waals surface area contributed by atoms with E-state index in [1.807, 2.05) is 36.4 Å². The van der Waals surface area contributed by atoms with Gasteiger partial charge in [0.25, 0.3) is 0 Å². The van der Waals surface area contributed by atoms with Crippen molar-refractivity contribution in [1.29, 1.82) is 0 Å². The van der Waals surface area contributed by atoms with Gasteiger partial charge in [0.05, 0.1) is 20.4 Å². The lowest BCUT2D eigenvalue weighted by molar-refractivity contribution is 0.354. The molecule has 3 aromatic rings. The van der Waals surface area contributed by atoms with Crippen LogP contribution in [0.4, 0.5) is 11.8 Å². The van der Waals surface area contributed by atoms with Crippen molar-refractivity contribution in [2.75, 3.05) is 37.9 Å². The number of methoxy groups -OCH3 is 2. The van der Waals surface area contributed by atoms with Gasteiger partial charge < -0.3 is 20.1 Å². The van der Waals surface area contributed by atoms with E-state index < -0.39 is 0 Å². The second kappa shape index (κ2) is 10.1. The summed E-state index contributed by atoms with van der Waals surface area (Å²) < 4.78 is 10.6. The van der Waals surface area contributed by atoms with Gasteiger partial charge in [-0.25, -0.2) is 0 Å². The molecule has 0 fully saturated rings. The van der Waals surface area contributed by atoms with Gasteiger partial charge in [-0.05, 0) is 36.1 Å². The molecule has 7 heteroatoms. The van der Waals surface area contributed by atoms with Crippen molar-refractivity contribution >= 4 is 11.8 Å². The predicted octanol–water partition coefficient (Wildman–Crippen LogP) is 3.20. The average Bonchev–Trinajstić information content (AvgIpc) is 2.75. The van der Waals surface area contributed by atoms with Crippen LogP contribution in [0.2, 0.25) is 0 Å². The minimum Gasteiger partial charge on any atom is -0.493 e. The molecule has 3 rings (SSSR count). The Hall–Kier alpha value is -3.35. The van der Waals surface area contributed by atoms with Gasteiger partial charge >= 0.3 is 0 Å². The molecule has 0 aliphatic carbocycles. The minimum absolute atomic E-state index is 0.520. The maximum absolute atomic E-state index is 5.34. The fraction of sp³-hybridized carbons (Fsp3) is 0.286. The molecule has 7 nitrogen and oxygen atoms in total. The summed E-state index contributed by atoms with van der Waals surface area (Å²) in [7, 11) is 3.27. The molecule has 28 heavy (non-hydrogen) atoms. The van der Waals surface area contributed by atoms with Crippen LogP contribution in [-0.4, -0.2) is 42.5 Å². The molecular weight excluding hydrogens is 354 g/mol. The van der Waals surface area contributed by atoms with Crippen LogP contribution in [0.1, 0.15) is 11.1 Å². The van der Waals surface area contributed by atoms with E-state index >= 15 is 0 Å². The van der Waals surface area contributed by atoms with Crippen LogP contribution in [0.25, 0.3) is 0 Å². The molecule has 0 saturated heterocycles. The maximum atomic E-state index is 5.34. The van der Waals surface area contributed by atoms with Crippen LogP contribution in [0.3, 0.4) is 0 Å². The fourth-order valence-corrected chi connectivity index (χ4v) is 2.80. The summed E-state index contributed by atoms with van der Waals surface area (Å²) in [6.07, 6.45) is 3.35. The van der Waals surface area contributed by atoms with Gasteiger partial charge in [-0.2, -0.15) is 10.1 Å². The Balaban J connectivity index is 1.48. The summed E-state index contributed by atoms with van der Waals surface area (Å²) in [6.45, 7) is 1.47. The van der Waals surface area contributed by atoms with Crippen LogP contribution >= 0.6 is 0 Å². The lowest BCUT2D eigenvalue weighted by atomic mass is 10.1. The van der Waals surface area contributed by atoms with Crippen molar-refractivity contribution in [2.24, 2.45) is 0 Å². The van der Waals surface area contributed by atoms with Crippen molar-refractivity contribution in [3.8, 4) is 11.5 Å². The summed E-state index contributed by atoms with van der Waals surface area (Å²) in [5.74, 6) is 2.67. The highest BCUT2D eigenvalue weighted by Crippen LogP contribution is 2.27. The lowest BCUT2D eigenvalue weighted by Crippen LogP contribution is -2.12. The Labute approximate surface area is 165 Å². The van der Waals surface area contributed by atoms with E-state index in [1.54, 1.807) is 20.4 Å². The topological polar surface area (TPSA) is 81.2 Å². The number of ether oxygens (including phenoxy) is 2. The summed E-state index contributed by atoms with van der Waals surface area (Å²) in [5, 5.41) is 14.5. The van der Waals surface area contributed by atoms with Crippen LogP contribution in [0.5, 0.6) is 11.5 Å². The molecule has 0 aliphatic heterocycles. The number of hydrogen-bond acceptors (Lipinski definition) is 7. The van der Waals surface area contributed by atoms with Crippen molar-refractivity contribution in [1.82, 2.24) is 15.2 Å². The highest BCUT2D eigenvalue weighted by atomic mass is 16.5. The molecule has 0 saturated carbocycles. The Bertz CT molecular complexity index is 874. The molecule has 1 aromatic heterocycles. The first-order valence-electron chi connectivity index (χ1n) is 9.21. The highest BCUT2D eigenvalue weighted by Gasteiger charge is 2.05. The van der Waals surface area contributed by atoms with E-state index in [1.165, 1.54) is 5.56 Å². The molecular formula is C21H25N5O2. The van der Waals surface area contributed by atoms with Gasteiger partial charge in [-0.15, -0.1) is 5.10 Å². The number of hydrogen-bond donors (Lipinski definition) is 2. The largest absolute Gasteiger partial charge is 0.493 e. The Morgan fingerprint density at radius 1 is 0.821 bits per heavy atom. The molecule has 0 unspecified atom stereocenters. The molecule has 0 spiro atoms. The van der Waals surface area contributed by atoms with Crippen LogP contribution in [-0.2, 0) is 12.8 Å². The third-order valence-electron chi connectivity index (χ3n) is 4.27. The number of benzene rings is 2. The van der Waals surface area contributed by atoms with Crippen LogP contribution in [0.15, 0.2) is 54.7 Å². The van der Waals surface area contributed by atoms with Crippen molar-refractivity contribution < 1.29 is 9.47 Å². The second-order valence-electron chi connectivity index (χ2n) is 6.19. The first-order valence-corrected chi connectivity index (χ1v) is 9.21. The van der Waals surface area contributed by atoms with Crippen LogP contribution < -0.4 is 20.1 Å². The Morgan fingerprint density at radius 2 is 1.57 bits per heavy atom. The molecule has 0 aliphatic rings. The van der Waals surface area contributed by atoms with Crippen LogP contribution in [0, 0.1) is 0 Å². The van der Waals surface area contributed by atoms with E-state index in [0.29, 0.717) is 11.8 Å². The van der Waals surface area contributed by atoms with E-state index in [-0.39, 0.29) is 0 Å². The minimum atomic E-state index is 0.520. The summed E-state index contributed by atoms with van der Waals surface area (Å²) in [6, 6.07) is 16.2. The normalized spacial score (nSPS) is 10.4. The smallest absolute Gasteiger partial charge is 0.244 e. The van der Waals surface area contributed by atoms with Crippen molar-refractivity contribution in [3.05, 3.63) is 65.9 Å². The summed E-state index contributed by atoms with van der Waals surface area (Å²) >= 11 is 0. The predicted molar refractivity (Wildman–Crippen MR) is 110 cm³/mol. The van der Waals surface area contributed by atoms with E-state index in [0.717, 1.165) is 43.0 Å². The Morgan fingerprint density at radius 3 is 2.36 bits per heavy atom. The molecule has 0 radical (unpaired) electrons. The number of anilines is 2. The molecule has 2 N–H and O–H groups in total. The lowest BCUT2D eigenvalue weighted by Gasteiger charge is -2.10.